The first kappa shape index (κ1) is 12.9. The fourth-order valence-corrected chi connectivity index (χ4v) is 3.26. The molecule has 1 aliphatic carbocycles. The zero-order valence-electron chi connectivity index (χ0n) is 11.9. The van der Waals surface area contributed by atoms with E-state index in [0.717, 1.165) is 24.8 Å². The molecule has 2 heterocycles. The van der Waals surface area contributed by atoms with Crippen molar-refractivity contribution in [1.82, 2.24) is 10.3 Å². The second-order valence-electron chi connectivity index (χ2n) is 6.10. The number of pyridine rings is 1. The summed E-state index contributed by atoms with van der Waals surface area (Å²) in [6.07, 6.45) is 8.68. The van der Waals surface area contributed by atoms with Crippen LogP contribution in [-0.2, 0) is 0 Å². The molecule has 0 amide bonds. The highest BCUT2D eigenvalue weighted by atomic mass is 15.2. The minimum absolute atomic E-state index is 0.704. The highest BCUT2D eigenvalue weighted by Crippen LogP contribution is 2.30. The number of hydrogen-bond acceptors (Lipinski definition) is 3. The van der Waals surface area contributed by atoms with Gasteiger partial charge in [0.25, 0.3) is 0 Å². The van der Waals surface area contributed by atoms with E-state index in [1.807, 2.05) is 12.3 Å². The average Bonchev–Trinajstić information content (AvgIpc) is 2.38. The molecule has 0 bridgehead atoms. The van der Waals surface area contributed by atoms with Crippen LogP contribution in [0.4, 0.5) is 5.82 Å². The lowest BCUT2D eigenvalue weighted by Gasteiger charge is -2.38. The van der Waals surface area contributed by atoms with Crippen molar-refractivity contribution in [3.8, 4) is 0 Å². The van der Waals surface area contributed by atoms with Crippen molar-refractivity contribution < 1.29 is 0 Å². The predicted octanol–water partition coefficient (Wildman–Crippen LogP) is 2.83. The number of aromatic nitrogens is 1. The van der Waals surface area contributed by atoms with E-state index in [1.54, 1.807) is 0 Å². The summed E-state index contributed by atoms with van der Waals surface area (Å²) >= 11 is 0. The van der Waals surface area contributed by atoms with Crippen molar-refractivity contribution in [3.05, 3.63) is 24.4 Å². The largest absolute Gasteiger partial charge is 0.357 e. The number of anilines is 1. The Morgan fingerprint density at radius 3 is 2.58 bits per heavy atom. The predicted molar refractivity (Wildman–Crippen MR) is 79.4 cm³/mol. The topological polar surface area (TPSA) is 28.2 Å². The first-order valence-corrected chi connectivity index (χ1v) is 7.75. The number of nitrogens with one attached hydrogen (secondary N) is 1. The van der Waals surface area contributed by atoms with E-state index in [1.165, 1.54) is 32.1 Å². The van der Waals surface area contributed by atoms with Crippen LogP contribution < -0.4 is 10.2 Å². The number of piperidine rings is 1. The monoisotopic (exact) mass is 259 g/mol. The summed E-state index contributed by atoms with van der Waals surface area (Å²) in [5.74, 6) is 2.07. The zero-order chi connectivity index (χ0) is 13.1. The maximum absolute atomic E-state index is 4.44. The van der Waals surface area contributed by atoms with Crippen molar-refractivity contribution in [2.75, 3.05) is 18.0 Å². The van der Waals surface area contributed by atoms with Gasteiger partial charge in [-0.2, -0.15) is 0 Å². The Bertz CT molecular complexity index is 380. The van der Waals surface area contributed by atoms with Crippen molar-refractivity contribution in [1.29, 1.82) is 0 Å². The second-order valence-corrected chi connectivity index (χ2v) is 6.10. The Kier molecular flexibility index (Phi) is 4.02. The molecule has 104 valence electrons. The standard InChI is InChI=1S/C16H25N3/c1-13(14-5-4-6-14)18-15-8-11-19(12-9-15)16-7-2-3-10-17-16/h2-3,7,10,13-15,18H,4-6,8-9,11-12H2,1H3. The molecule has 1 saturated heterocycles. The molecule has 3 nitrogen and oxygen atoms in total. The molecular weight excluding hydrogens is 234 g/mol. The summed E-state index contributed by atoms with van der Waals surface area (Å²) in [7, 11) is 0. The van der Waals surface area contributed by atoms with Gasteiger partial charge >= 0.3 is 0 Å². The smallest absolute Gasteiger partial charge is 0.128 e. The Morgan fingerprint density at radius 1 is 1.21 bits per heavy atom. The summed E-state index contributed by atoms with van der Waals surface area (Å²) in [6.45, 7) is 4.63. The van der Waals surface area contributed by atoms with Gasteiger partial charge in [-0.1, -0.05) is 12.5 Å². The number of hydrogen-bond donors (Lipinski definition) is 1. The van der Waals surface area contributed by atoms with Gasteiger partial charge in [0.2, 0.25) is 0 Å². The molecule has 1 aliphatic heterocycles. The molecule has 1 aromatic heterocycles. The van der Waals surface area contributed by atoms with Crippen LogP contribution in [0.2, 0.25) is 0 Å². The van der Waals surface area contributed by atoms with E-state index >= 15 is 0 Å². The molecule has 0 aromatic carbocycles. The van der Waals surface area contributed by atoms with Gasteiger partial charge in [-0.3, -0.25) is 0 Å². The molecule has 1 saturated carbocycles. The van der Waals surface area contributed by atoms with Crippen LogP contribution in [0.25, 0.3) is 0 Å². The van der Waals surface area contributed by atoms with Crippen LogP contribution in [0.5, 0.6) is 0 Å². The molecule has 3 rings (SSSR count). The van der Waals surface area contributed by atoms with E-state index in [4.69, 9.17) is 0 Å². The van der Waals surface area contributed by atoms with Crippen LogP contribution in [0.1, 0.15) is 39.0 Å². The Hall–Kier alpha value is -1.09. The maximum Gasteiger partial charge on any atom is 0.128 e. The summed E-state index contributed by atoms with van der Waals surface area (Å²) < 4.78 is 0. The molecule has 0 radical (unpaired) electrons. The van der Waals surface area contributed by atoms with Crippen LogP contribution in [0.15, 0.2) is 24.4 Å². The molecule has 1 N–H and O–H groups in total. The Labute approximate surface area is 116 Å². The van der Waals surface area contributed by atoms with Crippen LogP contribution >= 0.6 is 0 Å². The lowest BCUT2D eigenvalue weighted by molar-refractivity contribution is 0.217. The van der Waals surface area contributed by atoms with Crippen molar-refractivity contribution >= 4 is 5.82 Å². The zero-order valence-corrected chi connectivity index (χ0v) is 11.9. The maximum atomic E-state index is 4.44. The second kappa shape index (κ2) is 5.91. The van der Waals surface area contributed by atoms with E-state index in [2.05, 4.69) is 34.3 Å². The van der Waals surface area contributed by atoms with Crippen LogP contribution in [0.3, 0.4) is 0 Å². The van der Waals surface area contributed by atoms with Gasteiger partial charge in [-0.15, -0.1) is 0 Å². The molecule has 0 spiro atoms. The molecule has 1 aromatic rings. The first-order chi connectivity index (χ1) is 9.33. The third-order valence-electron chi connectivity index (χ3n) is 4.82. The van der Waals surface area contributed by atoms with E-state index in [9.17, 15) is 0 Å². The van der Waals surface area contributed by atoms with Crippen molar-refractivity contribution in [3.63, 3.8) is 0 Å². The van der Waals surface area contributed by atoms with Gasteiger partial charge in [0.15, 0.2) is 0 Å². The highest BCUT2D eigenvalue weighted by Gasteiger charge is 2.27. The third-order valence-corrected chi connectivity index (χ3v) is 4.82. The molecule has 2 fully saturated rings. The molecule has 3 heteroatoms. The highest BCUT2D eigenvalue weighted by molar-refractivity contribution is 5.38. The van der Waals surface area contributed by atoms with Crippen LogP contribution in [-0.4, -0.2) is 30.2 Å². The minimum atomic E-state index is 0.704. The van der Waals surface area contributed by atoms with Gasteiger partial charge in [0, 0.05) is 31.4 Å². The molecule has 1 atom stereocenters. The molecule has 19 heavy (non-hydrogen) atoms. The van der Waals surface area contributed by atoms with E-state index in [0.29, 0.717) is 12.1 Å². The third kappa shape index (κ3) is 3.08. The summed E-state index contributed by atoms with van der Waals surface area (Å²) in [6, 6.07) is 7.59. The van der Waals surface area contributed by atoms with E-state index < -0.39 is 0 Å². The normalized spacial score (nSPS) is 23.1. The summed E-state index contributed by atoms with van der Waals surface area (Å²) in [4.78, 5) is 6.85. The fraction of sp³-hybridized carbons (Fsp3) is 0.688. The van der Waals surface area contributed by atoms with Crippen molar-refractivity contribution in [2.24, 2.45) is 5.92 Å². The average molecular weight is 259 g/mol. The molecular formula is C16H25N3. The first-order valence-electron chi connectivity index (χ1n) is 7.75. The SMILES string of the molecule is CC(NC1CCN(c2ccccn2)CC1)C1CCC1. The van der Waals surface area contributed by atoms with E-state index in [-0.39, 0.29) is 0 Å². The van der Waals surface area contributed by atoms with Gasteiger partial charge < -0.3 is 10.2 Å². The fourth-order valence-electron chi connectivity index (χ4n) is 3.26. The van der Waals surface area contributed by atoms with Gasteiger partial charge in [-0.25, -0.2) is 4.98 Å². The molecule has 1 unspecified atom stereocenters. The van der Waals surface area contributed by atoms with Crippen LogP contribution in [0, 0.1) is 5.92 Å². The summed E-state index contributed by atoms with van der Waals surface area (Å²) in [5.41, 5.74) is 0. The van der Waals surface area contributed by atoms with Gasteiger partial charge in [-0.05, 0) is 50.7 Å². The minimum Gasteiger partial charge on any atom is -0.357 e. The Balaban J connectivity index is 1.46. The van der Waals surface area contributed by atoms with Gasteiger partial charge in [0.1, 0.15) is 5.82 Å². The number of rotatable bonds is 4. The quantitative estimate of drug-likeness (QED) is 0.901. The lowest BCUT2D eigenvalue weighted by Crippen LogP contribution is -2.48. The molecule has 2 aliphatic rings. The lowest BCUT2D eigenvalue weighted by atomic mass is 9.80. The van der Waals surface area contributed by atoms with Gasteiger partial charge in [0.05, 0.1) is 0 Å². The number of nitrogens with zero attached hydrogens (tertiary/aromatic N) is 2. The van der Waals surface area contributed by atoms with Crippen molar-refractivity contribution in [2.45, 2.75) is 51.1 Å². The Morgan fingerprint density at radius 2 is 2.00 bits per heavy atom. The summed E-state index contributed by atoms with van der Waals surface area (Å²) in [5, 5.41) is 3.85.